The molecule has 2 aromatic carbocycles. The van der Waals surface area contributed by atoms with Gasteiger partial charge in [0.2, 0.25) is 12.6 Å². The SMILES string of the molecule is CC(=O)OCC1OC(Oc2cc(O)cc3c2C=C(OC2OC(CO)C(O)C(O)C2O)C(c2ccc(O)c(O)c2)O3)C(O)C(O)C1O. The number of esters is 1. The van der Waals surface area contributed by atoms with Crippen molar-refractivity contribution in [1.82, 2.24) is 0 Å². The monoisotopic (exact) mass is 654 g/mol. The van der Waals surface area contributed by atoms with Crippen LogP contribution in [0.4, 0.5) is 0 Å². The van der Waals surface area contributed by atoms with E-state index in [0.717, 1.165) is 19.1 Å². The number of carbonyl (C=O) groups is 1. The average Bonchev–Trinajstić information content (AvgIpc) is 3.02. The maximum Gasteiger partial charge on any atom is 0.302 e. The minimum atomic E-state index is -1.83. The molecule has 0 aromatic heterocycles. The highest BCUT2D eigenvalue weighted by Crippen LogP contribution is 2.46. The van der Waals surface area contributed by atoms with E-state index >= 15 is 0 Å². The highest BCUT2D eigenvalue weighted by Gasteiger charge is 2.47. The number of benzene rings is 2. The lowest BCUT2D eigenvalue weighted by molar-refractivity contribution is -0.293. The van der Waals surface area contributed by atoms with Crippen LogP contribution in [0.3, 0.4) is 0 Å². The normalized spacial score (nSPS) is 34.1. The van der Waals surface area contributed by atoms with Gasteiger partial charge in [0, 0.05) is 24.6 Å². The van der Waals surface area contributed by atoms with Gasteiger partial charge in [-0.25, -0.2) is 0 Å². The Morgan fingerprint density at radius 3 is 2.04 bits per heavy atom. The predicted octanol–water partition coefficient (Wildman–Crippen LogP) is -2.16. The Hall–Kier alpha value is -3.91. The molecule has 3 heterocycles. The second kappa shape index (κ2) is 13.4. The van der Waals surface area contributed by atoms with Crippen LogP contribution in [-0.2, 0) is 23.7 Å². The van der Waals surface area contributed by atoms with Crippen molar-refractivity contribution in [2.24, 2.45) is 0 Å². The van der Waals surface area contributed by atoms with Gasteiger partial charge in [-0.05, 0) is 18.2 Å². The van der Waals surface area contributed by atoms with Crippen molar-refractivity contribution < 1.29 is 84.3 Å². The van der Waals surface area contributed by atoms with Crippen molar-refractivity contribution >= 4 is 12.0 Å². The van der Waals surface area contributed by atoms with Crippen LogP contribution in [0.1, 0.15) is 24.2 Å². The average molecular weight is 655 g/mol. The first-order valence-electron chi connectivity index (χ1n) is 14.0. The zero-order valence-corrected chi connectivity index (χ0v) is 24.1. The molecule has 3 aliphatic heterocycles. The summed E-state index contributed by atoms with van der Waals surface area (Å²) in [6.45, 7) is -0.103. The fraction of sp³-hybridized carbons (Fsp3) is 0.483. The van der Waals surface area contributed by atoms with Crippen LogP contribution in [0.2, 0.25) is 0 Å². The first kappa shape index (κ1) is 33.5. The number of aliphatic hydroxyl groups is 7. The number of phenols is 3. The van der Waals surface area contributed by atoms with E-state index in [-0.39, 0.29) is 28.4 Å². The Kier molecular flexibility index (Phi) is 9.78. The first-order valence-corrected chi connectivity index (χ1v) is 14.0. The number of ether oxygens (including phenoxy) is 6. The Balaban J connectivity index is 1.52. The van der Waals surface area contributed by atoms with E-state index < -0.39 is 104 Å². The molecule has 0 amide bonds. The van der Waals surface area contributed by atoms with E-state index in [1.54, 1.807) is 0 Å². The van der Waals surface area contributed by atoms with E-state index in [4.69, 9.17) is 28.4 Å². The van der Waals surface area contributed by atoms with Gasteiger partial charge in [-0.1, -0.05) is 6.07 Å². The third-order valence-corrected chi connectivity index (χ3v) is 7.64. The second-order valence-corrected chi connectivity index (χ2v) is 10.9. The maximum absolute atomic E-state index is 11.3. The third kappa shape index (κ3) is 6.63. The number of hydrogen-bond donors (Lipinski definition) is 10. The molecule has 11 atom stereocenters. The Labute approximate surface area is 260 Å². The lowest BCUT2D eigenvalue weighted by Gasteiger charge is -2.41. The minimum absolute atomic E-state index is 0.0453. The molecule has 17 heteroatoms. The van der Waals surface area contributed by atoms with Gasteiger partial charge in [0.1, 0.15) is 78.4 Å². The fourth-order valence-electron chi connectivity index (χ4n) is 5.13. The van der Waals surface area contributed by atoms with Crippen LogP contribution in [0.5, 0.6) is 28.7 Å². The number of aromatic hydroxyl groups is 3. The molecular formula is C29H34O17. The van der Waals surface area contributed by atoms with Crippen LogP contribution in [0.15, 0.2) is 36.1 Å². The van der Waals surface area contributed by atoms with Gasteiger partial charge in [-0.15, -0.1) is 0 Å². The number of aliphatic hydroxyl groups excluding tert-OH is 7. The molecule has 0 saturated carbocycles. The summed E-state index contributed by atoms with van der Waals surface area (Å²) in [5.41, 5.74) is 0.239. The van der Waals surface area contributed by atoms with Gasteiger partial charge in [0.15, 0.2) is 17.6 Å². The largest absolute Gasteiger partial charge is 0.508 e. The molecule has 3 aliphatic rings. The quantitative estimate of drug-likeness (QED) is 0.107. The number of phenolic OH excluding ortho intramolecular Hbond substituents is 3. The highest BCUT2D eigenvalue weighted by atomic mass is 16.7. The number of hydrogen-bond acceptors (Lipinski definition) is 17. The standard InChI is InChI=1S/C29H34O17/c1-10(31)41-9-20-22(36)24(38)26(40)28(46-20)43-17-6-12(32)5-16-13(17)7-18(27(42-16)11-2-3-14(33)15(34)4-11)44-29-25(39)23(37)21(35)19(8-30)45-29/h2-7,19-30,32-40H,8-9H2,1H3. The number of carbonyl (C=O) groups excluding carboxylic acids is 1. The van der Waals surface area contributed by atoms with Crippen LogP contribution < -0.4 is 9.47 Å². The van der Waals surface area contributed by atoms with Crippen molar-refractivity contribution in [2.75, 3.05) is 13.2 Å². The zero-order valence-electron chi connectivity index (χ0n) is 24.1. The van der Waals surface area contributed by atoms with Gasteiger partial charge in [0.05, 0.1) is 12.2 Å². The molecule has 17 nitrogen and oxygen atoms in total. The Morgan fingerprint density at radius 2 is 1.41 bits per heavy atom. The van der Waals surface area contributed by atoms with E-state index in [1.165, 1.54) is 24.3 Å². The summed E-state index contributed by atoms with van der Waals surface area (Å²) in [5.74, 6) is -2.47. The molecule has 252 valence electrons. The topological polar surface area (TPSA) is 275 Å². The van der Waals surface area contributed by atoms with Crippen molar-refractivity contribution in [3.63, 3.8) is 0 Å². The number of rotatable bonds is 8. The summed E-state index contributed by atoms with van der Waals surface area (Å²) in [7, 11) is 0. The Morgan fingerprint density at radius 1 is 0.783 bits per heavy atom. The van der Waals surface area contributed by atoms with Gasteiger partial charge >= 0.3 is 5.97 Å². The summed E-state index contributed by atoms with van der Waals surface area (Å²) < 4.78 is 33.7. The molecule has 2 aromatic rings. The van der Waals surface area contributed by atoms with Crippen LogP contribution in [0.25, 0.3) is 6.08 Å². The van der Waals surface area contributed by atoms with Crippen molar-refractivity contribution in [1.29, 1.82) is 0 Å². The van der Waals surface area contributed by atoms with E-state index in [9.17, 15) is 55.9 Å². The van der Waals surface area contributed by atoms with Crippen molar-refractivity contribution in [2.45, 2.75) is 74.4 Å². The molecule has 0 aliphatic carbocycles. The van der Waals surface area contributed by atoms with Gasteiger partial charge in [-0.3, -0.25) is 4.79 Å². The van der Waals surface area contributed by atoms with Crippen LogP contribution in [-0.4, -0.2) is 132 Å². The van der Waals surface area contributed by atoms with Crippen LogP contribution in [0, 0.1) is 0 Å². The lowest BCUT2D eigenvalue weighted by Crippen LogP contribution is -2.60. The van der Waals surface area contributed by atoms with Gasteiger partial charge < -0.3 is 79.5 Å². The number of fused-ring (bicyclic) bond motifs is 1. The van der Waals surface area contributed by atoms with E-state index in [2.05, 4.69) is 0 Å². The third-order valence-electron chi connectivity index (χ3n) is 7.64. The zero-order chi connectivity index (χ0) is 33.4. The van der Waals surface area contributed by atoms with Crippen LogP contribution >= 0.6 is 0 Å². The maximum atomic E-state index is 11.3. The van der Waals surface area contributed by atoms with Crippen molar-refractivity contribution in [3.05, 3.63) is 47.2 Å². The summed E-state index contributed by atoms with van der Waals surface area (Å²) in [4.78, 5) is 11.3. The predicted molar refractivity (Wildman–Crippen MR) is 148 cm³/mol. The molecule has 0 radical (unpaired) electrons. The molecular weight excluding hydrogens is 620 g/mol. The molecule has 2 fully saturated rings. The van der Waals surface area contributed by atoms with E-state index in [0.29, 0.717) is 0 Å². The second-order valence-electron chi connectivity index (χ2n) is 10.9. The van der Waals surface area contributed by atoms with Crippen molar-refractivity contribution in [3.8, 4) is 28.7 Å². The molecule has 0 bridgehead atoms. The molecule has 5 rings (SSSR count). The Bertz CT molecular complexity index is 1450. The summed E-state index contributed by atoms with van der Waals surface area (Å²) in [5, 5.41) is 103. The summed E-state index contributed by atoms with van der Waals surface area (Å²) >= 11 is 0. The van der Waals surface area contributed by atoms with Gasteiger partial charge in [-0.2, -0.15) is 0 Å². The minimum Gasteiger partial charge on any atom is -0.508 e. The summed E-state index contributed by atoms with van der Waals surface area (Å²) in [6, 6.07) is 5.98. The fourth-order valence-corrected chi connectivity index (χ4v) is 5.13. The molecule has 2 saturated heterocycles. The first-order chi connectivity index (χ1) is 21.8. The molecule has 11 unspecified atom stereocenters. The molecule has 10 N–H and O–H groups in total. The lowest BCUT2D eigenvalue weighted by atomic mass is 9.98. The van der Waals surface area contributed by atoms with Gasteiger partial charge in [0.25, 0.3) is 0 Å². The van der Waals surface area contributed by atoms with E-state index in [1.807, 2.05) is 0 Å². The molecule has 46 heavy (non-hydrogen) atoms. The molecule has 0 spiro atoms. The highest BCUT2D eigenvalue weighted by molar-refractivity contribution is 5.70. The smallest absolute Gasteiger partial charge is 0.302 e. The summed E-state index contributed by atoms with van der Waals surface area (Å²) in [6.07, 6.45) is -16.5.